The molecule has 0 aliphatic carbocycles. The molecule has 2 aromatic heterocycles. The van der Waals surface area contributed by atoms with Crippen LogP contribution < -0.4 is 10.9 Å². The van der Waals surface area contributed by atoms with Gasteiger partial charge >= 0.3 is 0 Å². The quantitative estimate of drug-likeness (QED) is 0.890. The Balaban J connectivity index is 2.27. The highest BCUT2D eigenvalue weighted by molar-refractivity contribution is 6.04. The Morgan fingerprint density at radius 3 is 2.61 bits per heavy atom. The van der Waals surface area contributed by atoms with Crippen LogP contribution >= 0.6 is 0 Å². The maximum atomic E-state index is 12.5. The molecule has 2 rings (SSSR count). The van der Waals surface area contributed by atoms with Crippen LogP contribution in [0.15, 0.2) is 29.3 Å². The molecule has 0 aromatic carbocycles. The average molecular weight is 316 g/mol. The molecule has 1 amide bonds. The van der Waals surface area contributed by atoms with E-state index in [0.29, 0.717) is 12.1 Å². The van der Waals surface area contributed by atoms with Gasteiger partial charge in [0, 0.05) is 18.4 Å². The van der Waals surface area contributed by atoms with E-state index < -0.39 is 0 Å². The van der Waals surface area contributed by atoms with E-state index in [4.69, 9.17) is 0 Å². The molecule has 0 saturated carbocycles. The Bertz CT molecular complexity index is 741. The number of nitrogens with zero attached hydrogens (tertiary/aromatic N) is 3. The van der Waals surface area contributed by atoms with Crippen LogP contribution in [0.1, 0.15) is 55.7 Å². The van der Waals surface area contributed by atoms with Crippen molar-refractivity contribution in [2.75, 3.05) is 5.32 Å². The van der Waals surface area contributed by atoms with Crippen molar-refractivity contribution in [3.8, 4) is 0 Å². The summed E-state index contributed by atoms with van der Waals surface area (Å²) in [7, 11) is 0. The van der Waals surface area contributed by atoms with Gasteiger partial charge < -0.3 is 9.88 Å². The van der Waals surface area contributed by atoms with Crippen molar-refractivity contribution in [2.24, 2.45) is 0 Å². The summed E-state index contributed by atoms with van der Waals surface area (Å²) < 4.78 is 3.44. The number of carbonyl (C=O) groups is 1. The van der Waals surface area contributed by atoms with Crippen LogP contribution in [0.3, 0.4) is 0 Å². The molecule has 6 heteroatoms. The largest absolute Gasteiger partial charge is 0.317 e. The first-order valence-electron chi connectivity index (χ1n) is 8.08. The monoisotopic (exact) mass is 316 g/mol. The van der Waals surface area contributed by atoms with Crippen LogP contribution in [0.2, 0.25) is 0 Å². The zero-order valence-corrected chi connectivity index (χ0v) is 14.2. The Morgan fingerprint density at radius 2 is 2.00 bits per heavy atom. The van der Waals surface area contributed by atoms with E-state index >= 15 is 0 Å². The Labute approximate surface area is 136 Å². The minimum Gasteiger partial charge on any atom is -0.317 e. The van der Waals surface area contributed by atoms with E-state index in [2.05, 4.69) is 24.3 Å². The first-order chi connectivity index (χ1) is 11.0. The van der Waals surface area contributed by atoms with E-state index in [0.717, 1.165) is 18.5 Å². The highest BCUT2D eigenvalue weighted by Crippen LogP contribution is 2.19. The fourth-order valence-electron chi connectivity index (χ4n) is 2.72. The molecule has 0 saturated heterocycles. The third-order valence-electron chi connectivity index (χ3n) is 4.19. The predicted octanol–water partition coefficient (Wildman–Crippen LogP) is 2.99. The van der Waals surface area contributed by atoms with Gasteiger partial charge in [0.25, 0.3) is 11.5 Å². The summed E-state index contributed by atoms with van der Waals surface area (Å²) in [5.74, 6) is -0.300. The number of anilines is 1. The van der Waals surface area contributed by atoms with Crippen molar-refractivity contribution in [1.82, 2.24) is 14.3 Å². The number of amides is 1. The third-order valence-corrected chi connectivity index (χ3v) is 4.19. The number of rotatable bonds is 6. The van der Waals surface area contributed by atoms with E-state index in [1.807, 2.05) is 18.5 Å². The summed E-state index contributed by atoms with van der Waals surface area (Å²) in [5, 5.41) is 7.05. The van der Waals surface area contributed by atoms with Crippen LogP contribution in [0.25, 0.3) is 0 Å². The van der Waals surface area contributed by atoms with Gasteiger partial charge in [-0.3, -0.25) is 14.3 Å². The Kier molecular flexibility index (Phi) is 5.36. The number of hydrogen-bond acceptors (Lipinski definition) is 3. The summed E-state index contributed by atoms with van der Waals surface area (Å²) in [6.07, 6.45) is 5.19. The third kappa shape index (κ3) is 3.36. The standard InChI is InChI=1S/C17H24N4O2/c1-5-13(6-2)21-12(4)14(11-18-21)16(22)19-15-9-8-10-20(7-3)17(15)23/h8-11,13H,5-7H2,1-4H3,(H,19,22). The molecular weight excluding hydrogens is 292 g/mol. The van der Waals surface area contributed by atoms with Crippen LogP contribution in [-0.4, -0.2) is 20.3 Å². The number of pyridine rings is 1. The molecule has 1 N–H and O–H groups in total. The topological polar surface area (TPSA) is 68.9 Å². The fraction of sp³-hybridized carbons (Fsp3) is 0.471. The van der Waals surface area contributed by atoms with Gasteiger partial charge in [-0.2, -0.15) is 5.10 Å². The van der Waals surface area contributed by atoms with Crippen molar-refractivity contribution >= 4 is 11.6 Å². The fourth-order valence-corrected chi connectivity index (χ4v) is 2.72. The van der Waals surface area contributed by atoms with Crippen molar-refractivity contribution in [3.63, 3.8) is 0 Å². The molecule has 0 aliphatic rings. The summed E-state index contributed by atoms with van der Waals surface area (Å²) in [5.41, 5.74) is 1.41. The van der Waals surface area contributed by atoms with Gasteiger partial charge in [0.2, 0.25) is 0 Å². The highest BCUT2D eigenvalue weighted by atomic mass is 16.2. The van der Waals surface area contributed by atoms with Gasteiger partial charge in [-0.1, -0.05) is 13.8 Å². The summed E-state index contributed by atoms with van der Waals surface area (Å²) in [6, 6.07) is 3.65. The molecule has 0 aliphatic heterocycles. The lowest BCUT2D eigenvalue weighted by atomic mass is 10.1. The smallest absolute Gasteiger partial charge is 0.274 e. The normalized spacial score (nSPS) is 11.0. The maximum Gasteiger partial charge on any atom is 0.274 e. The molecular formula is C17H24N4O2. The SMILES string of the molecule is CCC(CC)n1ncc(C(=O)Nc2cccn(CC)c2=O)c1C. The molecule has 2 heterocycles. The number of nitrogens with one attached hydrogen (secondary N) is 1. The summed E-state index contributed by atoms with van der Waals surface area (Å²) in [4.78, 5) is 24.7. The lowest BCUT2D eigenvalue weighted by molar-refractivity contribution is 0.102. The van der Waals surface area contributed by atoms with E-state index in [1.165, 1.54) is 0 Å². The lowest BCUT2D eigenvalue weighted by Crippen LogP contribution is -2.25. The van der Waals surface area contributed by atoms with Crippen LogP contribution in [-0.2, 0) is 6.54 Å². The Hall–Kier alpha value is -2.37. The number of hydrogen-bond donors (Lipinski definition) is 1. The zero-order valence-electron chi connectivity index (χ0n) is 14.2. The summed E-state index contributed by atoms with van der Waals surface area (Å²) >= 11 is 0. The second kappa shape index (κ2) is 7.26. The minimum atomic E-state index is -0.300. The molecule has 6 nitrogen and oxygen atoms in total. The first-order valence-corrected chi connectivity index (χ1v) is 8.08. The molecule has 124 valence electrons. The minimum absolute atomic E-state index is 0.201. The molecule has 0 spiro atoms. The molecule has 23 heavy (non-hydrogen) atoms. The Morgan fingerprint density at radius 1 is 1.30 bits per heavy atom. The van der Waals surface area contributed by atoms with Crippen LogP contribution in [0.5, 0.6) is 0 Å². The van der Waals surface area contributed by atoms with Crippen LogP contribution in [0, 0.1) is 6.92 Å². The number of carbonyl (C=O) groups excluding carboxylic acids is 1. The van der Waals surface area contributed by atoms with Crippen molar-refractivity contribution in [3.05, 3.63) is 46.1 Å². The van der Waals surface area contributed by atoms with Gasteiger partial charge in [0.05, 0.1) is 17.8 Å². The number of aryl methyl sites for hydroxylation is 1. The van der Waals surface area contributed by atoms with Gasteiger partial charge in [-0.15, -0.1) is 0 Å². The van der Waals surface area contributed by atoms with Crippen molar-refractivity contribution in [2.45, 2.75) is 53.1 Å². The van der Waals surface area contributed by atoms with Gasteiger partial charge in [-0.25, -0.2) is 0 Å². The lowest BCUT2D eigenvalue weighted by Gasteiger charge is -2.15. The number of aromatic nitrogens is 3. The molecule has 2 aromatic rings. The average Bonchev–Trinajstić information content (AvgIpc) is 2.92. The molecule has 0 unspecified atom stereocenters. The molecule has 0 bridgehead atoms. The van der Waals surface area contributed by atoms with Gasteiger partial charge in [-0.05, 0) is 38.8 Å². The van der Waals surface area contributed by atoms with E-state index in [9.17, 15) is 9.59 Å². The molecule has 0 fully saturated rings. The van der Waals surface area contributed by atoms with E-state index in [-0.39, 0.29) is 23.2 Å². The second-order valence-electron chi connectivity index (χ2n) is 5.53. The first kappa shape index (κ1) is 17.0. The highest BCUT2D eigenvalue weighted by Gasteiger charge is 2.18. The maximum absolute atomic E-state index is 12.5. The summed E-state index contributed by atoms with van der Waals surface area (Å²) in [6.45, 7) is 8.54. The molecule has 0 atom stereocenters. The van der Waals surface area contributed by atoms with Crippen molar-refractivity contribution < 1.29 is 4.79 Å². The van der Waals surface area contributed by atoms with Crippen molar-refractivity contribution in [1.29, 1.82) is 0 Å². The van der Waals surface area contributed by atoms with Crippen LogP contribution in [0.4, 0.5) is 5.69 Å². The predicted molar refractivity (Wildman–Crippen MR) is 90.9 cm³/mol. The zero-order chi connectivity index (χ0) is 17.0. The van der Waals surface area contributed by atoms with E-state index in [1.54, 1.807) is 29.1 Å². The van der Waals surface area contributed by atoms with Gasteiger partial charge in [0.1, 0.15) is 5.69 Å². The molecule has 0 radical (unpaired) electrons. The second-order valence-corrected chi connectivity index (χ2v) is 5.53. The van der Waals surface area contributed by atoms with Gasteiger partial charge in [0.15, 0.2) is 0 Å².